The van der Waals surface area contributed by atoms with Gasteiger partial charge in [0, 0.05) is 19.2 Å². The molecule has 0 heterocycles. The normalized spacial score (nSPS) is 12.1. The molecule has 1 aromatic rings. The molecule has 2 N–H and O–H groups in total. The molecule has 6 nitrogen and oxygen atoms in total. The first-order valence-electron chi connectivity index (χ1n) is 4.12. The van der Waals surface area contributed by atoms with Crippen molar-refractivity contribution in [3.8, 4) is 0 Å². The summed E-state index contributed by atoms with van der Waals surface area (Å²) in [6, 6.07) is 5.62. The number of primary amides is 1. The van der Waals surface area contributed by atoms with Gasteiger partial charge in [0.2, 0.25) is 0 Å². The summed E-state index contributed by atoms with van der Waals surface area (Å²) in [7, 11) is 1.31. The highest BCUT2D eigenvalue weighted by atomic mass is 16.6. The number of nitro benzene ring substituents is 1. The van der Waals surface area contributed by atoms with Gasteiger partial charge < -0.3 is 10.5 Å². The van der Waals surface area contributed by atoms with Crippen molar-refractivity contribution in [1.29, 1.82) is 0 Å². The van der Waals surface area contributed by atoms with Crippen molar-refractivity contribution >= 4 is 11.6 Å². The number of carbonyl (C=O) groups excluding carboxylic acids is 1. The molecule has 15 heavy (non-hydrogen) atoms. The van der Waals surface area contributed by atoms with Gasteiger partial charge in [-0.05, 0) is 5.56 Å². The van der Waals surface area contributed by atoms with Crippen LogP contribution in [0.5, 0.6) is 0 Å². The van der Waals surface area contributed by atoms with Gasteiger partial charge in [-0.15, -0.1) is 0 Å². The Labute approximate surface area is 85.8 Å². The maximum Gasteiger partial charge on any atom is 0.269 e. The summed E-state index contributed by atoms with van der Waals surface area (Å²) in [5, 5.41) is 10.5. The molecule has 0 aromatic heterocycles. The molecule has 0 aliphatic carbocycles. The van der Waals surface area contributed by atoms with Crippen molar-refractivity contribution in [2.24, 2.45) is 5.73 Å². The van der Waals surface area contributed by atoms with Crippen molar-refractivity contribution in [3.05, 3.63) is 39.9 Å². The standard InChI is InChI=1S/C9H10N2O4/c1-15-8(9(10)12)6-3-2-4-7(5-6)11(13)14/h2-5,8H,1H3,(H2,10,12). The van der Waals surface area contributed by atoms with Crippen molar-refractivity contribution in [2.75, 3.05) is 7.11 Å². The Kier molecular flexibility index (Phi) is 3.35. The second-order valence-corrected chi connectivity index (χ2v) is 2.87. The Bertz CT molecular complexity index is 391. The van der Waals surface area contributed by atoms with Crippen LogP contribution in [0.25, 0.3) is 0 Å². The van der Waals surface area contributed by atoms with Gasteiger partial charge in [-0.1, -0.05) is 12.1 Å². The van der Waals surface area contributed by atoms with E-state index >= 15 is 0 Å². The minimum Gasteiger partial charge on any atom is -0.367 e. The molecule has 0 aliphatic rings. The van der Waals surface area contributed by atoms with Gasteiger partial charge in [-0.3, -0.25) is 14.9 Å². The average Bonchev–Trinajstić information content (AvgIpc) is 2.18. The van der Waals surface area contributed by atoms with E-state index in [2.05, 4.69) is 0 Å². The summed E-state index contributed by atoms with van der Waals surface area (Å²) in [6.45, 7) is 0. The highest BCUT2D eigenvalue weighted by Crippen LogP contribution is 2.21. The number of amides is 1. The minimum absolute atomic E-state index is 0.101. The fourth-order valence-electron chi connectivity index (χ4n) is 1.22. The second kappa shape index (κ2) is 4.52. The molecule has 0 saturated carbocycles. The minimum atomic E-state index is -0.954. The van der Waals surface area contributed by atoms with Gasteiger partial charge in [0.05, 0.1) is 4.92 Å². The van der Waals surface area contributed by atoms with Crippen LogP contribution in [-0.4, -0.2) is 17.9 Å². The zero-order valence-corrected chi connectivity index (χ0v) is 8.04. The van der Waals surface area contributed by atoms with E-state index in [0.717, 1.165) is 0 Å². The molecule has 80 valence electrons. The molecular formula is C9H10N2O4. The fourth-order valence-corrected chi connectivity index (χ4v) is 1.22. The summed E-state index contributed by atoms with van der Waals surface area (Å²) in [5.41, 5.74) is 5.34. The molecule has 1 atom stereocenters. The molecule has 0 bridgehead atoms. The van der Waals surface area contributed by atoms with Gasteiger partial charge in [-0.25, -0.2) is 0 Å². The highest BCUT2D eigenvalue weighted by molar-refractivity contribution is 5.80. The van der Waals surface area contributed by atoms with Crippen LogP contribution in [0.4, 0.5) is 5.69 Å². The van der Waals surface area contributed by atoms with Crippen molar-refractivity contribution in [2.45, 2.75) is 6.10 Å². The van der Waals surface area contributed by atoms with Gasteiger partial charge in [0.15, 0.2) is 6.10 Å². The lowest BCUT2D eigenvalue weighted by Crippen LogP contribution is -2.22. The highest BCUT2D eigenvalue weighted by Gasteiger charge is 2.18. The molecule has 1 unspecified atom stereocenters. The molecule has 6 heteroatoms. The van der Waals surface area contributed by atoms with Crippen LogP contribution in [0, 0.1) is 10.1 Å². The zero-order chi connectivity index (χ0) is 11.4. The largest absolute Gasteiger partial charge is 0.367 e. The van der Waals surface area contributed by atoms with Crippen LogP contribution < -0.4 is 5.73 Å². The molecule has 1 rings (SSSR count). The Morgan fingerprint density at radius 1 is 1.60 bits per heavy atom. The first-order valence-corrected chi connectivity index (χ1v) is 4.12. The molecule has 0 fully saturated rings. The molecule has 1 amide bonds. The number of nitro groups is 1. The Hall–Kier alpha value is -1.95. The summed E-state index contributed by atoms with van der Waals surface area (Å²) in [4.78, 5) is 20.9. The lowest BCUT2D eigenvalue weighted by Gasteiger charge is -2.10. The third kappa shape index (κ3) is 2.50. The smallest absolute Gasteiger partial charge is 0.269 e. The number of nitrogens with zero attached hydrogens (tertiary/aromatic N) is 1. The zero-order valence-electron chi connectivity index (χ0n) is 8.04. The molecule has 0 aliphatic heterocycles. The number of carbonyl (C=O) groups is 1. The van der Waals surface area contributed by atoms with Crippen molar-refractivity contribution in [1.82, 2.24) is 0 Å². The van der Waals surface area contributed by atoms with Gasteiger partial charge in [0.1, 0.15) is 0 Å². The number of benzene rings is 1. The van der Waals surface area contributed by atoms with E-state index in [1.165, 1.54) is 25.3 Å². The number of methoxy groups -OCH3 is 1. The van der Waals surface area contributed by atoms with Crippen LogP contribution >= 0.6 is 0 Å². The summed E-state index contributed by atoms with van der Waals surface area (Å²) < 4.78 is 4.84. The number of ether oxygens (including phenoxy) is 1. The van der Waals surface area contributed by atoms with E-state index in [1.54, 1.807) is 6.07 Å². The number of nitrogens with two attached hydrogens (primary N) is 1. The van der Waals surface area contributed by atoms with Crippen LogP contribution in [0.15, 0.2) is 24.3 Å². The second-order valence-electron chi connectivity index (χ2n) is 2.87. The van der Waals surface area contributed by atoms with Crippen molar-refractivity contribution in [3.63, 3.8) is 0 Å². The number of hydrogen-bond acceptors (Lipinski definition) is 4. The Morgan fingerprint density at radius 3 is 2.73 bits per heavy atom. The van der Waals surface area contributed by atoms with Gasteiger partial charge in [0.25, 0.3) is 11.6 Å². The van der Waals surface area contributed by atoms with Crippen LogP contribution in [-0.2, 0) is 9.53 Å². The fraction of sp³-hybridized carbons (Fsp3) is 0.222. The van der Waals surface area contributed by atoms with E-state index in [1.807, 2.05) is 0 Å². The third-order valence-electron chi connectivity index (χ3n) is 1.88. The number of rotatable bonds is 4. The van der Waals surface area contributed by atoms with E-state index < -0.39 is 16.9 Å². The average molecular weight is 210 g/mol. The van der Waals surface area contributed by atoms with Crippen LogP contribution in [0.1, 0.15) is 11.7 Å². The molecule has 0 spiro atoms. The quantitative estimate of drug-likeness (QED) is 0.586. The summed E-state index contributed by atoms with van der Waals surface area (Å²) in [5.74, 6) is -0.682. The van der Waals surface area contributed by atoms with Crippen LogP contribution in [0.3, 0.4) is 0 Å². The Balaban J connectivity index is 3.08. The monoisotopic (exact) mass is 210 g/mol. The lowest BCUT2D eigenvalue weighted by molar-refractivity contribution is -0.385. The lowest BCUT2D eigenvalue weighted by atomic mass is 10.1. The predicted octanol–water partition coefficient (Wildman–Crippen LogP) is 0.768. The van der Waals surface area contributed by atoms with Gasteiger partial charge >= 0.3 is 0 Å². The summed E-state index contributed by atoms with van der Waals surface area (Å²) >= 11 is 0. The Morgan fingerprint density at radius 2 is 2.27 bits per heavy atom. The summed E-state index contributed by atoms with van der Waals surface area (Å²) in [6.07, 6.45) is -0.954. The third-order valence-corrected chi connectivity index (χ3v) is 1.88. The van der Waals surface area contributed by atoms with E-state index in [9.17, 15) is 14.9 Å². The first-order chi connectivity index (χ1) is 7.06. The first kappa shape index (κ1) is 11.1. The van der Waals surface area contributed by atoms with E-state index in [4.69, 9.17) is 10.5 Å². The maximum absolute atomic E-state index is 10.9. The predicted molar refractivity (Wildman–Crippen MR) is 52.0 cm³/mol. The SMILES string of the molecule is COC(C(N)=O)c1cccc([N+](=O)[O-])c1. The molecule has 0 saturated heterocycles. The molecule has 0 radical (unpaired) electrons. The van der Waals surface area contributed by atoms with Crippen LogP contribution in [0.2, 0.25) is 0 Å². The topological polar surface area (TPSA) is 95.5 Å². The van der Waals surface area contributed by atoms with E-state index in [0.29, 0.717) is 5.56 Å². The number of non-ortho nitro benzene ring substituents is 1. The number of hydrogen-bond donors (Lipinski definition) is 1. The maximum atomic E-state index is 10.9. The van der Waals surface area contributed by atoms with Gasteiger partial charge in [-0.2, -0.15) is 0 Å². The van der Waals surface area contributed by atoms with Crippen molar-refractivity contribution < 1.29 is 14.5 Å². The molecular weight excluding hydrogens is 200 g/mol. The molecule has 1 aromatic carbocycles. The van der Waals surface area contributed by atoms with E-state index in [-0.39, 0.29) is 5.69 Å².